The molecule has 1 rings (SSSR count). The van der Waals surface area contributed by atoms with Crippen molar-refractivity contribution in [2.45, 2.75) is 45.6 Å². The lowest BCUT2D eigenvalue weighted by molar-refractivity contribution is -0.109. The summed E-state index contributed by atoms with van der Waals surface area (Å²) in [6.07, 6.45) is 4.56. The Morgan fingerprint density at radius 3 is 2.77 bits per heavy atom. The molecule has 0 aromatic rings. The summed E-state index contributed by atoms with van der Waals surface area (Å²) < 4.78 is 0.251. The molecule has 0 saturated heterocycles. The summed E-state index contributed by atoms with van der Waals surface area (Å²) in [7, 11) is 0. The van der Waals surface area contributed by atoms with Crippen LogP contribution in [0.2, 0.25) is 0 Å². The van der Waals surface area contributed by atoms with E-state index in [9.17, 15) is 4.79 Å². The minimum absolute atomic E-state index is 0.251. The average Bonchev–Trinajstić information content (AvgIpc) is 2.30. The summed E-state index contributed by atoms with van der Waals surface area (Å²) in [5, 5.41) is 3.48. The highest BCUT2D eigenvalue weighted by Crippen LogP contribution is 2.36. The first kappa shape index (κ1) is 11.4. The van der Waals surface area contributed by atoms with Gasteiger partial charge in [0, 0.05) is 19.0 Å². The first-order valence-corrected chi connectivity index (χ1v) is 6.02. The summed E-state index contributed by atoms with van der Waals surface area (Å²) in [5.74, 6) is 0. The fourth-order valence-electron chi connectivity index (χ4n) is 2.05. The standard InChI is InChI=1S/C10H18INO/c1-10(2)6-3-4-8(10)12-7-5-9(11)13/h8,12H,3-7H2,1-2H3. The third-order valence-electron chi connectivity index (χ3n) is 2.97. The van der Waals surface area contributed by atoms with E-state index in [-0.39, 0.29) is 3.79 Å². The van der Waals surface area contributed by atoms with Crippen LogP contribution in [0.25, 0.3) is 0 Å². The minimum Gasteiger partial charge on any atom is -0.313 e. The maximum Gasteiger partial charge on any atom is 0.193 e. The van der Waals surface area contributed by atoms with Gasteiger partial charge in [-0.15, -0.1) is 0 Å². The highest BCUT2D eigenvalue weighted by atomic mass is 127. The molecule has 0 heterocycles. The van der Waals surface area contributed by atoms with E-state index >= 15 is 0 Å². The Balaban J connectivity index is 2.25. The van der Waals surface area contributed by atoms with E-state index in [4.69, 9.17) is 0 Å². The average molecular weight is 295 g/mol. The molecular formula is C10H18INO. The lowest BCUT2D eigenvalue weighted by Gasteiger charge is -2.27. The predicted octanol–water partition coefficient (Wildman–Crippen LogP) is 2.51. The van der Waals surface area contributed by atoms with E-state index in [1.165, 1.54) is 19.3 Å². The SMILES string of the molecule is CC1(C)CCCC1NCCC(=O)I. The molecule has 3 heteroatoms. The normalized spacial score (nSPS) is 26.2. The van der Waals surface area contributed by atoms with Crippen LogP contribution in [0.3, 0.4) is 0 Å². The lowest BCUT2D eigenvalue weighted by Crippen LogP contribution is -2.38. The van der Waals surface area contributed by atoms with E-state index in [1.807, 2.05) is 22.6 Å². The van der Waals surface area contributed by atoms with Crippen LogP contribution in [0.5, 0.6) is 0 Å². The van der Waals surface area contributed by atoms with Crippen molar-refractivity contribution in [3.05, 3.63) is 0 Å². The van der Waals surface area contributed by atoms with E-state index in [0.717, 1.165) is 6.54 Å². The maximum absolute atomic E-state index is 10.7. The van der Waals surface area contributed by atoms with Gasteiger partial charge in [-0.3, -0.25) is 4.79 Å². The quantitative estimate of drug-likeness (QED) is 0.638. The van der Waals surface area contributed by atoms with E-state index < -0.39 is 0 Å². The Labute approximate surface area is 94.0 Å². The molecule has 1 N–H and O–H groups in total. The third kappa shape index (κ3) is 3.54. The molecule has 1 unspecified atom stereocenters. The molecular weight excluding hydrogens is 277 g/mol. The minimum atomic E-state index is 0.251. The van der Waals surface area contributed by atoms with Gasteiger partial charge in [-0.2, -0.15) is 0 Å². The predicted molar refractivity (Wildman–Crippen MR) is 63.1 cm³/mol. The molecule has 1 saturated carbocycles. The van der Waals surface area contributed by atoms with Gasteiger partial charge in [0.05, 0.1) is 0 Å². The topological polar surface area (TPSA) is 29.1 Å². The van der Waals surface area contributed by atoms with Crippen LogP contribution in [0.15, 0.2) is 0 Å². The van der Waals surface area contributed by atoms with Crippen molar-refractivity contribution >= 4 is 26.4 Å². The third-order valence-corrected chi connectivity index (χ3v) is 3.51. The van der Waals surface area contributed by atoms with Crippen molar-refractivity contribution in [2.75, 3.05) is 6.54 Å². The number of rotatable bonds is 4. The molecule has 0 amide bonds. The lowest BCUT2D eigenvalue weighted by atomic mass is 9.87. The second-order valence-electron chi connectivity index (χ2n) is 4.49. The summed E-state index contributed by atoms with van der Waals surface area (Å²) in [4.78, 5) is 10.7. The van der Waals surface area contributed by atoms with Crippen molar-refractivity contribution in [3.8, 4) is 0 Å². The first-order valence-electron chi connectivity index (χ1n) is 4.94. The van der Waals surface area contributed by atoms with Crippen molar-refractivity contribution in [3.63, 3.8) is 0 Å². The van der Waals surface area contributed by atoms with Gasteiger partial charge in [-0.25, -0.2) is 0 Å². The van der Waals surface area contributed by atoms with Gasteiger partial charge >= 0.3 is 0 Å². The Morgan fingerprint density at radius 2 is 2.31 bits per heavy atom. The van der Waals surface area contributed by atoms with Gasteiger partial charge in [0.15, 0.2) is 3.79 Å². The van der Waals surface area contributed by atoms with Crippen molar-refractivity contribution < 1.29 is 4.79 Å². The number of carbonyl (C=O) groups excluding carboxylic acids is 1. The number of hydrogen-bond donors (Lipinski definition) is 1. The summed E-state index contributed by atoms with van der Waals surface area (Å²) in [5.41, 5.74) is 0.425. The van der Waals surface area contributed by atoms with Crippen LogP contribution >= 0.6 is 22.6 Å². The second kappa shape index (κ2) is 4.73. The molecule has 1 aliphatic carbocycles. The Bertz CT molecular complexity index is 191. The van der Waals surface area contributed by atoms with Crippen LogP contribution in [-0.2, 0) is 4.79 Å². The fraction of sp³-hybridized carbons (Fsp3) is 0.900. The Hall–Kier alpha value is 0.360. The molecule has 1 aliphatic rings. The van der Waals surface area contributed by atoms with Crippen LogP contribution in [-0.4, -0.2) is 16.4 Å². The highest BCUT2D eigenvalue weighted by molar-refractivity contribution is 14.1. The van der Waals surface area contributed by atoms with E-state index in [2.05, 4.69) is 19.2 Å². The number of hydrogen-bond acceptors (Lipinski definition) is 2. The van der Waals surface area contributed by atoms with E-state index in [1.54, 1.807) is 0 Å². The number of nitrogens with one attached hydrogen (secondary N) is 1. The van der Waals surface area contributed by atoms with Crippen molar-refractivity contribution in [1.29, 1.82) is 0 Å². The monoisotopic (exact) mass is 295 g/mol. The molecule has 0 bridgehead atoms. The highest BCUT2D eigenvalue weighted by Gasteiger charge is 2.33. The van der Waals surface area contributed by atoms with Crippen LogP contribution in [0.4, 0.5) is 0 Å². The van der Waals surface area contributed by atoms with Crippen LogP contribution in [0.1, 0.15) is 39.5 Å². The molecule has 0 aromatic carbocycles. The summed E-state index contributed by atoms with van der Waals surface area (Å²) >= 11 is 1.86. The number of carbonyl (C=O) groups is 1. The van der Waals surface area contributed by atoms with Gasteiger partial charge < -0.3 is 5.32 Å². The zero-order chi connectivity index (χ0) is 9.90. The molecule has 0 spiro atoms. The summed E-state index contributed by atoms with van der Waals surface area (Å²) in [6, 6.07) is 0.614. The molecule has 0 aliphatic heterocycles. The molecule has 0 radical (unpaired) electrons. The molecule has 0 aromatic heterocycles. The van der Waals surface area contributed by atoms with Gasteiger partial charge in [0.25, 0.3) is 0 Å². The van der Waals surface area contributed by atoms with Gasteiger partial charge in [0.1, 0.15) is 0 Å². The van der Waals surface area contributed by atoms with Crippen LogP contribution < -0.4 is 5.32 Å². The van der Waals surface area contributed by atoms with Gasteiger partial charge in [-0.05, 0) is 40.8 Å². The molecule has 2 nitrogen and oxygen atoms in total. The fourth-order valence-corrected chi connectivity index (χ4v) is 2.32. The molecule has 13 heavy (non-hydrogen) atoms. The summed E-state index contributed by atoms with van der Waals surface area (Å²) in [6.45, 7) is 5.46. The molecule has 1 atom stereocenters. The second-order valence-corrected chi connectivity index (χ2v) is 5.70. The Morgan fingerprint density at radius 1 is 1.62 bits per heavy atom. The maximum atomic E-state index is 10.7. The zero-order valence-electron chi connectivity index (χ0n) is 8.40. The van der Waals surface area contributed by atoms with Gasteiger partial charge in [0.2, 0.25) is 0 Å². The van der Waals surface area contributed by atoms with Crippen LogP contribution in [0, 0.1) is 5.41 Å². The van der Waals surface area contributed by atoms with Gasteiger partial charge in [-0.1, -0.05) is 20.3 Å². The van der Waals surface area contributed by atoms with E-state index in [0.29, 0.717) is 17.9 Å². The zero-order valence-corrected chi connectivity index (χ0v) is 10.6. The van der Waals surface area contributed by atoms with Crippen molar-refractivity contribution in [1.82, 2.24) is 5.32 Å². The first-order chi connectivity index (χ1) is 6.02. The molecule has 76 valence electrons. The molecule has 1 fully saturated rings. The smallest absolute Gasteiger partial charge is 0.193 e. The number of halogens is 1. The largest absolute Gasteiger partial charge is 0.313 e. The Kier molecular flexibility index (Phi) is 4.16. The van der Waals surface area contributed by atoms with Crippen molar-refractivity contribution in [2.24, 2.45) is 5.41 Å².